The van der Waals surface area contributed by atoms with Crippen molar-refractivity contribution in [1.29, 1.82) is 0 Å². The van der Waals surface area contributed by atoms with E-state index in [4.69, 9.17) is 4.98 Å². The molecule has 1 aliphatic rings. The number of nitrogens with zero attached hydrogens (tertiary/aromatic N) is 6. The zero-order chi connectivity index (χ0) is 19.1. The van der Waals surface area contributed by atoms with Crippen LogP contribution in [0.25, 0.3) is 22.7 Å². The Balaban J connectivity index is 1.50. The molecule has 0 aliphatic carbocycles. The summed E-state index contributed by atoms with van der Waals surface area (Å²) < 4.78 is 3.98. The molecule has 0 N–H and O–H groups in total. The minimum Gasteiger partial charge on any atom is -0.300 e. The van der Waals surface area contributed by atoms with E-state index in [0.29, 0.717) is 0 Å². The highest BCUT2D eigenvalue weighted by atomic mass is 15.3. The molecule has 0 spiro atoms. The Kier molecular flexibility index (Phi) is 4.20. The van der Waals surface area contributed by atoms with Crippen molar-refractivity contribution in [3.05, 3.63) is 65.9 Å². The molecule has 3 aromatic heterocycles. The van der Waals surface area contributed by atoms with Gasteiger partial charge in [0.25, 0.3) is 0 Å². The number of imidazole rings is 1. The van der Waals surface area contributed by atoms with Crippen molar-refractivity contribution in [2.75, 3.05) is 13.1 Å². The molecule has 4 heterocycles. The van der Waals surface area contributed by atoms with Crippen molar-refractivity contribution < 1.29 is 0 Å². The van der Waals surface area contributed by atoms with Crippen molar-refractivity contribution in [3.63, 3.8) is 0 Å². The second kappa shape index (κ2) is 6.87. The van der Waals surface area contributed by atoms with Gasteiger partial charge in [0.15, 0.2) is 5.65 Å². The highest BCUT2D eigenvalue weighted by Gasteiger charge is 2.16. The fraction of sp³-hybridized carbons (Fsp3) is 0.318. The maximum absolute atomic E-state index is 4.70. The van der Waals surface area contributed by atoms with E-state index >= 15 is 0 Å². The highest BCUT2D eigenvalue weighted by Crippen LogP contribution is 2.26. The number of likely N-dealkylation sites (tertiary alicyclic amines) is 1. The Morgan fingerprint density at radius 3 is 2.61 bits per heavy atom. The van der Waals surface area contributed by atoms with Gasteiger partial charge in [-0.1, -0.05) is 12.1 Å². The molecule has 28 heavy (non-hydrogen) atoms. The van der Waals surface area contributed by atoms with Gasteiger partial charge in [-0.3, -0.25) is 9.47 Å². The molecule has 0 unspecified atom stereocenters. The quantitative estimate of drug-likeness (QED) is 0.547. The van der Waals surface area contributed by atoms with Gasteiger partial charge in [-0.05, 0) is 63.5 Å². The maximum atomic E-state index is 4.70. The number of fused-ring (bicyclic) bond motifs is 1. The van der Waals surface area contributed by atoms with Crippen molar-refractivity contribution >= 4 is 5.65 Å². The van der Waals surface area contributed by atoms with Crippen LogP contribution >= 0.6 is 0 Å². The van der Waals surface area contributed by atoms with Gasteiger partial charge >= 0.3 is 0 Å². The molecular weight excluding hydrogens is 348 g/mol. The third-order valence-corrected chi connectivity index (χ3v) is 5.48. The second-order valence-electron chi connectivity index (χ2n) is 7.60. The number of aryl methyl sites for hydroxylation is 2. The van der Waals surface area contributed by atoms with Crippen LogP contribution in [0.2, 0.25) is 0 Å². The Morgan fingerprint density at radius 2 is 1.82 bits per heavy atom. The van der Waals surface area contributed by atoms with Crippen molar-refractivity contribution in [2.45, 2.75) is 33.2 Å². The number of rotatable bonds is 4. The molecule has 1 saturated heterocycles. The van der Waals surface area contributed by atoms with Crippen LogP contribution in [0.5, 0.6) is 0 Å². The minimum atomic E-state index is 0.843. The monoisotopic (exact) mass is 372 g/mol. The zero-order valence-corrected chi connectivity index (χ0v) is 16.3. The first-order valence-electron chi connectivity index (χ1n) is 9.86. The Hall–Kier alpha value is -2.99. The molecule has 4 aromatic rings. The van der Waals surface area contributed by atoms with Crippen molar-refractivity contribution in [2.24, 2.45) is 0 Å². The molecule has 6 heteroatoms. The van der Waals surface area contributed by atoms with Crippen LogP contribution in [-0.4, -0.2) is 42.1 Å². The van der Waals surface area contributed by atoms with Crippen LogP contribution in [-0.2, 0) is 6.54 Å². The summed E-state index contributed by atoms with van der Waals surface area (Å²) in [6, 6.07) is 10.8. The van der Waals surface area contributed by atoms with E-state index in [2.05, 4.69) is 43.8 Å². The number of benzene rings is 1. The van der Waals surface area contributed by atoms with E-state index in [9.17, 15) is 0 Å². The maximum Gasteiger partial charge on any atom is 0.166 e. The molecule has 1 aromatic carbocycles. The summed E-state index contributed by atoms with van der Waals surface area (Å²) >= 11 is 0. The van der Waals surface area contributed by atoms with Gasteiger partial charge in [0.05, 0.1) is 11.8 Å². The molecule has 0 bridgehead atoms. The average Bonchev–Trinajstić information content (AvgIpc) is 3.42. The number of hydrogen-bond donors (Lipinski definition) is 0. The topological polar surface area (TPSA) is 51.3 Å². The molecule has 6 nitrogen and oxygen atoms in total. The van der Waals surface area contributed by atoms with E-state index in [-0.39, 0.29) is 0 Å². The van der Waals surface area contributed by atoms with Crippen LogP contribution in [0, 0.1) is 13.8 Å². The fourth-order valence-corrected chi connectivity index (χ4v) is 4.10. The number of hydrogen-bond acceptors (Lipinski definition) is 4. The fourth-order valence-electron chi connectivity index (χ4n) is 4.10. The summed E-state index contributed by atoms with van der Waals surface area (Å²) in [5, 5.41) is 4.52. The lowest BCUT2D eigenvalue weighted by Crippen LogP contribution is -2.18. The molecule has 5 rings (SSSR count). The summed E-state index contributed by atoms with van der Waals surface area (Å²) in [6.45, 7) is 7.52. The number of aromatic nitrogens is 5. The van der Waals surface area contributed by atoms with E-state index in [0.717, 1.165) is 40.7 Å². The largest absolute Gasteiger partial charge is 0.300 e. The Bertz CT molecular complexity index is 1120. The predicted molar refractivity (Wildman–Crippen MR) is 110 cm³/mol. The predicted octanol–water partition coefficient (Wildman–Crippen LogP) is 3.79. The van der Waals surface area contributed by atoms with Crippen molar-refractivity contribution in [3.8, 4) is 17.1 Å². The smallest absolute Gasteiger partial charge is 0.166 e. The zero-order valence-electron chi connectivity index (χ0n) is 16.3. The van der Waals surface area contributed by atoms with E-state index in [1.54, 1.807) is 0 Å². The minimum absolute atomic E-state index is 0.843. The summed E-state index contributed by atoms with van der Waals surface area (Å²) in [6.07, 6.45) is 8.33. The van der Waals surface area contributed by atoms with Crippen LogP contribution in [0.15, 0.2) is 48.9 Å². The van der Waals surface area contributed by atoms with E-state index in [1.165, 1.54) is 31.5 Å². The van der Waals surface area contributed by atoms with E-state index in [1.807, 2.05) is 43.0 Å². The van der Waals surface area contributed by atoms with Gasteiger partial charge in [0.1, 0.15) is 5.82 Å². The summed E-state index contributed by atoms with van der Waals surface area (Å²) in [5.41, 5.74) is 6.29. The lowest BCUT2D eigenvalue weighted by Gasteiger charge is -2.15. The van der Waals surface area contributed by atoms with Gasteiger partial charge in [-0.25, -0.2) is 14.5 Å². The summed E-state index contributed by atoms with van der Waals surface area (Å²) in [7, 11) is 0. The first-order valence-corrected chi connectivity index (χ1v) is 9.86. The molecule has 1 fully saturated rings. The Morgan fingerprint density at radius 1 is 1.04 bits per heavy atom. The van der Waals surface area contributed by atoms with Crippen molar-refractivity contribution in [1.82, 2.24) is 29.0 Å². The van der Waals surface area contributed by atoms with Gasteiger partial charge in [0.2, 0.25) is 0 Å². The van der Waals surface area contributed by atoms with E-state index < -0.39 is 0 Å². The molecule has 1 aliphatic heterocycles. The summed E-state index contributed by atoms with van der Waals surface area (Å²) in [4.78, 5) is 11.8. The highest BCUT2D eigenvalue weighted by molar-refractivity contribution is 5.74. The van der Waals surface area contributed by atoms with Gasteiger partial charge in [-0.2, -0.15) is 5.10 Å². The average molecular weight is 372 g/mol. The molecule has 0 atom stereocenters. The third-order valence-electron chi connectivity index (χ3n) is 5.48. The molecule has 0 saturated carbocycles. The van der Waals surface area contributed by atoms with Crippen LogP contribution in [0.3, 0.4) is 0 Å². The van der Waals surface area contributed by atoms with Crippen LogP contribution < -0.4 is 0 Å². The Labute approximate surface area is 164 Å². The first-order chi connectivity index (χ1) is 13.7. The van der Waals surface area contributed by atoms with Gasteiger partial charge in [0, 0.05) is 36.0 Å². The van der Waals surface area contributed by atoms with Gasteiger partial charge < -0.3 is 0 Å². The SMILES string of the molecule is Cc1cc(C)n2ncc(-c3nccn3-c3ccc(CN4CCCC4)cc3)c2n1. The van der Waals surface area contributed by atoms with Gasteiger partial charge in [-0.15, -0.1) is 0 Å². The molecule has 142 valence electrons. The normalized spacial score (nSPS) is 14.9. The first kappa shape index (κ1) is 17.1. The standard InChI is InChI=1S/C22H24N6/c1-16-13-17(2)28-22(25-16)20(14-24-28)21-23-9-12-27(21)19-7-5-18(6-8-19)15-26-10-3-4-11-26/h5-9,12-14H,3-4,10-11,15H2,1-2H3. The second-order valence-corrected chi connectivity index (χ2v) is 7.60. The molecule has 0 radical (unpaired) electrons. The lowest BCUT2D eigenvalue weighted by atomic mass is 10.2. The van der Waals surface area contributed by atoms with Crippen LogP contribution in [0.1, 0.15) is 29.8 Å². The molecular formula is C22H24N6. The lowest BCUT2D eigenvalue weighted by molar-refractivity contribution is 0.331. The van der Waals surface area contributed by atoms with Crippen LogP contribution in [0.4, 0.5) is 0 Å². The summed E-state index contributed by atoms with van der Waals surface area (Å²) in [5.74, 6) is 0.861. The molecule has 0 amide bonds. The third kappa shape index (κ3) is 2.99.